The predicted octanol–water partition coefficient (Wildman–Crippen LogP) is 1.24. The monoisotopic (exact) mass is 281 g/mol. The zero-order chi connectivity index (χ0) is 13.0. The fraction of sp³-hybridized carbons (Fsp3) is 0.300. The third kappa shape index (κ3) is 2.75. The maximum atomic E-state index is 10.4. The van der Waals surface area contributed by atoms with E-state index in [0.29, 0.717) is 10.6 Å². The van der Waals surface area contributed by atoms with Gasteiger partial charge in [-0.05, 0) is 17.7 Å². The number of nitrogens with one attached hydrogen (secondary N) is 2. The summed E-state index contributed by atoms with van der Waals surface area (Å²) < 4.78 is 0. The van der Waals surface area contributed by atoms with E-state index in [9.17, 15) is 10.1 Å². The first-order valence-corrected chi connectivity index (χ1v) is 7.15. The smallest absolute Gasteiger partial charge is 0.330 e. The van der Waals surface area contributed by atoms with Gasteiger partial charge in [0.05, 0.1) is 5.56 Å². The number of hydrazine groups is 1. The Bertz CT molecular complexity index is 531. The van der Waals surface area contributed by atoms with Crippen LogP contribution >= 0.6 is 23.1 Å². The van der Waals surface area contributed by atoms with Gasteiger partial charge in [0, 0.05) is 10.6 Å². The Morgan fingerprint density at radius 3 is 3.17 bits per heavy atom. The fourth-order valence-corrected chi connectivity index (χ4v) is 3.89. The largest absolute Gasteiger partial charge is 0.350 e. The second-order valence-electron chi connectivity index (χ2n) is 3.49. The zero-order valence-corrected chi connectivity index (χ0v) is 11.0. The normalized spacial score (nSPS) is 13.9. The minimum atomic E-state index is -0.691. The number of hydrogen-bond donors (Lipinski definition) is 3. The van der Waals surface area contributed by atoms with E-state index in [1.54, 1.807) is 0 Å². The highest BCUT2D eigenvalue weighted by Crippen LogP contribution is 2.40. The summed E-state index contributed by atoms with van der Waals surface area (Å²) in [7, 11) is 0. The molecule has 0 fully saturated rings. The molecule has 1 aromatic heterocycles. The van der Waals surface area contributed by atoms with Crippen LogP contribution < -0.4 is 16.6 Å². The van der Waals surface area contributed by atoms with Gasteiger partial charge in [0.1, 0.15) is 17.4 Å². The number of carbonyl (C=O) groups excluding carboxylic acids is 1. The van der Waals surface area contributed by atoms with Gasteiger partial charge in [-0.15, -0.1) is 11.3 Å². The Morgan fingerprint density at radius 2 is 2.44 bits per heavy atom. The SMILES string of the molecule is N#Cc1c(/N=C/NNC(N)=O)sc2c1CCSC2. The van der Waals surface area contributed by atoms with Crippen molar-refractivity contribution in [3.8, 4) is 6.07 Å². The van der Waals surface area contributed by atoms with Crippen LogP contribution in [0.2, 0.25) is 0 Å². The molecule has 0 bridgehead atoms. The molecule has 0 radical (unpaired) electrons. The van der Waals surface area contributed by atoms with E-state index in [2.05, 4.69) is 21.9 Å². The van der Waals surface area contributed by atoms with E-state index >= 15 is 0 Å². The number of nitrogens with two attached hydrogens (primary N) is 1. The molecule has 8 heteroatoms. The third-order valence-corrected chi connectivity index (χ3v) is 4.66. The average molecular weight is 281 g/mol. The van der Waals surface area contributed by atoms with Crippen molar-refractivity contribution in [2.75, 3.05) is 5.75 Å². The Balaban J connectivity index is 2.15. The number of nitrogens with zero attached hydrogens (tertiary/aromatic N) is 2. The lowest BCUT2D eigenvalue weighted by atomic mass is 10.1. The molecule has 18 heavy (non-hydrogen) atoms. The highest BCUT2D eigenvalue weighted by molar-refractivity contribution is 7.98. The molecule has 2 heterocycles. The van der Waals surface area contributed by atoms with Crippen molar-refractivity contribution < 1.29 is 4.79 Å². The number of aliphatic imine (C=N–C) groups is 1. The highest BCUT2D eigenvalue weighted by atomic mass is 32.2. The van der Waals surface area contributed by atoms with Gasteiger partial charge in [0.25, 0.3) is 0 Å². The lowest BCUT2D eigenvalue weighted by Crippen LogP contribution is -2.40. The third-order valence-electron chi connectivity index (χ3n) is 2.36. The van der Waals surface area contributed by atoms with E-state index in [-0.39, 0.29) is 0 Å². The second-order valence-corrected chi connectivity index (χ2v) is 5.68. The molecule has 0 saturated carbocycles. The maximum Gasteiger partial charge on any atom is 0.330 e. The molecular formula is C10H11N5OS2. The molecule has 1 aromatic rings. The van der Waals surface area contributed by atoms with E-state index < -0.39 is 6.03 Å². The Morgan fingerprint density at radius 1 is 1.61 bits per heavy atom. The van der Waals surface area contributed by atoms with Crippen LogP contribution in [-0.4, -0.2) is 18.1 Å². The summed E-state index contributed by atoms with van der Waals surface area (Å²) in [6.45, 7) is 0. The van der Waals surface area contributed by atoms with Gasteiger partial charge >= 0.3 is 6.03 Å². The number of carbonyl (C=O) groups is 1. The van der Waals surface area contributed by atoms with Crippen LogP contribution in [0.3, 0.4) is 0 Å². The summed E-state index contributed by atoms with van der Waals surface area (Å²) in [4.78, 5) is 15.8. The number of rotatable bonds is 3. The summed E-state index contributed by atoms with van der Waals surface area (Å²) in [6.07, 6.45) is 2.23. The number of amides is 2. The summed E-state index contributed by atoms with van der Waals surface area (Å²) in [5.74, 6) is 1.99. The van der Waals surface area contributed by atoms with Gasteiger partial charge < -0.3 is 5.73 Å². The molecule has 0 aromatic carbocycles. The van der Waals surface area contributed by atoms with Gasteiger partial charge in [-0.2, -0.15) is 17.0 Å². The molecule has 0 unspecified atom stereocenters. The number of hydrogen-bond acceptors (Lipinski definition) is 5. The van der Waals surface area contributed by atoms with Crippen LogP contribution in [-0.2, 0) is 12.2 Å². The Kier molecular flexibility index (Phi) is 4.07. The number of fused-ring (bicyclic) bond motifs is 1. The molecule has 0 atom stereocenters. The number of urea groups is 1. The molecule has 2 amide bonds. The molecule has 1 aliphatic heterocycles. The van der Waals surface area contributed by atoms with E-state index in [4.69, 9.17) is 5.73 Å². The number of thiophene rings is 1. The average Bonchev–Trinajstić information content (AvgIpc) is 2.71. The summed E-state index contributed by atoms with van der Waals surface area (Å²) in [5, 5.41) is 9.84. The maximum absolute atomic E-state index is 10.4. The molecule has 2 rings (SSSR count). The van der Waals surface area contributed by atoms with E-state index in [1.807, 2.05) is 11.8 Å². The highest BCUT2D eigenvalue weighted by Gasteiger charge is 2.20. The molecule has 0 aliphatic carbocycles. The number of primary amides is 1. The zero-order valence-electron chi connectivity index (χ0n) is 9.40. The van der Waals surface area contributed by atoms with Gasteiger partial charge in [-0.1, -0.05) is 0 Å². The van der Waals surface area contributed by atoms with Crippen LogP contribution in [0.25, 0.3) is 0 Å². The van der Waals surface area contributed by atoms with Crippen molar-refractivity contribution in [3.63, 3.8) is 0 Å². The predicted molar refractivity (Wildman–Crippen MR) is 72.9 cm³/mol. The van der Waals surface area contributed by atoms with E-state index in [1.165, 1.54) is 22.6 Å². The molecule has 94 valence electrons. The second kappa shape index (κ2) is 5.75. The molecular weight excluding hydrogens is 270 g/mol. The van der Waals surface area contributed by atoms with Crippen molar-refractivity contribution in [1.29, 1.82) is 5.26 Å². The first kappa shape index (κ1) is 12.7. The minimum absolute atomic E-state index is 0.646. The fourth-order valence-electron chi connectivity index (χ4n) is 1.62. The van der Waals surface area contributed by atoms with Crippen molar-refractivity contribution in [3.05, 3.63) is 16.0 Å². The van der Waals surface area contributed by atoms with Crippen molar-refractivity contribution in [2.45, 2.75) is 12.2 Å². The van der Waals surface area contributed by atoms with Crippen molar-refractivity contribution in [2.24, 2.45) is 10.7 Å². The van der Waals surface area contributed by atoms with Crippen molar-refractivity contribution in [1.82, 2.24) is 10.9 Å². The molecule has 1 aliphatic rings. The molecule has 4 N–H and O–H groups in total. The minimum Gasteiger partial charge on any atom is -0.350 e. The molecule has 0 spiro atoms. The van der Waals surface area contributed by atoms with Crippen molar-refractivity contribution >= 4 is 40.5 Å². The van der Waals surface area contributed by atoms with Gasteiger partial charge in [-0.3, -0.25) is 10.9 Å². The topological polar surface area (TPSA) is 103 Å². The van der Waals surface area contributed by atoms with E-state index in [0.717, 1.165) is 23.5 Å². The van der Waals surface area contributed by atoms with Gasteiger partial charge in [0.15, 0.2) is 0 Å². The first-order valence-electron chi connectivity index (χ1n) is 5.18. The van der Waals surface area contributed by atoms with Crippen LogP contribution in [0.5, 0.6) is 0 Å². The lowest BCUT2D eigenvalue weighted by Gasteiger charge is -2.09. The van der Waals surface area contributed by atoms with Crippen LogP contribution in [0, 0.1) is 11.3 Å². The van der Waals surface area contributed by atoms with Gasteiger partial charge in [0.2, 0.25) is 0 Å². The molecule has 0 saturated heterocycles. The van der Waals surface area contributed by atoms with Crippen LogP contribution in [0.15, 0.2) is 4.99 Å². The lowest BCUT2D eigenvalue weighted by molar-refractivity contribution is 0.247. The standard InChI is InChI=1S/C10H11N5OS2/c11-3-7-6-1-2-17-4-8(6)18-9(7)13-5-14-15-10(12)16/h5H,1-2,4H2,(H,13,14)(H3,12,15,16). The first-order chi connectivity index (χ1) is 8.72. The number of nitriles is 1. The summed E-state index contributed by atoms with van der Waals surface area (Å²) in [6, 6.07) is 1.51. The quantitative estimate of drug-likeness (QED) is 0.440. The Labute approximate surface area is 112 Å². The van der Waals surface area contributed by atoms with Crippen LogP contribution in [0.1, 0.15) is 16.0 Å². The van der Waals surface area contributed by atoms with Gasteiger partial charge in [-0.25, -0.2) is 9.79 Å². The van der Waals surface area contributed by atoms with Crippen LogP contribution in [0.4, 0.5) is 9.80 Å². The summed E-state index contributed by atoms with van der Waals surface area (Å²) in [5.41, 5.74) is 11.3. The number of thioether (sulfide) groups is 1. The summed E-state index contributed by atoms with van der Waals surface area (Å²) >= 11 is 3.38. The Hall–Kier alpha value is -1.72. The molecule has 6 nitrogen and oxygen atoms in total.